The molecule has 4 nitrogen and oxygen atoms in total. The average molecular weight is 158 g/mol. The fourth-order valence-corrected chi connectivity index (χ4v) is 0.701. The van der Waals surface area contributed by atoms with Crippen LogP contribution in [0.1, 0.15) is 18.4 Å². The molecule has 0 fully saturated rings. The van der Waals surface area contributed by atoms with E-state index in [-0.39, 0.29) is 0 Å². The maximum Gasteiger partial charge on any atom is 0.519 e. The lowest BCUT2D eigenvalue weighted by Gasteiger charge is -1.94. The van der Waals surface area contributed by atoms with E-state index < -0.39 is 5.82 Å². The van der Waals surface area contributed by atoms with Crippen molar-refractivity contribution >= 4 is 0 Å². The number of hydrogen-bond donors (Lipinski definition) is 0. The van der Waals surface area contributed by atoms with Crippen LogP contribution in [0.4, 0.5) is 0 Å². The van der Waals surface area contributed by atoms with Gasteiger partial charge in [-0.25, -0.2) is 4.79 Å². The second-order valence-electron chi connectivity index (χ2n) is 2.07. The molecule has 0 saturated heterocycles. The highest BCUT2D eigenvalue weighted by Gasteiger charge is 2.06. The van der Waals surface area contributed by atoms with Crippen LogP contribution in [-0.2, 0) is 11.3 Å². The Labute approximate surface area is 63.8 Å². The van der Waals surface area contributed by atoms with E-state index in [1.54, 1.807) is 6.92 Å². The summed E-state index contributed by atoms with van der Waals surface area (Å²) in [6, 6.07) is 0. The molecule has 0 saturated carbocycles. The third kappa shape index (κ3) is 1.94. The highest BCUT2D eigenvalue weighted by Crippen LogP contribution is 2.05. The number of hydrogen-bond acceptors (Lipinski definition) is 4. The van der Waals surface area contributed by atoms with Gasteiger partial charge in [-0.15, -0.1) is 0 Å². The van der Waals surface area contributed by atoms with Crippen LogP contribution in [0.5, 0.6) is 0 Å². The van der Waals surface area contributed by atoms with Crippen LogP contribution in [0.3, 0.4) is 0 Å². The summed E-state index contributed by atoms with van der Waals surface area (Å²) in [4.78, 5) is 10.5. The summed E-state index contributed by atoms with van der Waals surface area (Å²) < 4.78 is 14.3. The fraction of sp³-hybridized carbons (Fsp3) is 0.571. The van der Waals surface area contributed by atoms with Crippen molar-refractivity contribution in [2.75, 3.05) is 6.61 Å². The minimum Gasteiger partial charge on any atom is -0.396 e. The molecular formula is C7H10O4. The zero-order valence-corrected chi connectivity index (χ0v) is 6.55. The first kappa shape index (κ1) is 8.07. The van der Waals surface area contributed by atoms with Gasteiger partial charge in [0.05, 0.1) is 0 Å². The van der Waals surface area contributed by atoms with Crippen LogP contribution >= 0.6 is 0 Å². The number of ether oxygens (including phenoxy) is 1. The summed E-state index contributed by atoms with van der Waals surface area (Å²) in [5.74, 6) is 0.289. The first-order valence-corrected chi connectivity index (χ1v) is 3.41. The predicted molar refractivity (Wildman–Crippen MR) is 37.3 cm³/mol. The van der Waals surface area contributed by atoms with Crippen molar-refractivity contribution in [3.63, 3.8) is 0 Å². The van der Waals surface area contributed by atoms with E-state index in [0.717, 1.165) is 0 Å². The molecule has 1 aromatic heterocycles. The second-order valence-corrected chi connectivity index (χ2v) is 2.07. The lowest BCUT2D eigenvalue weighted by atomic mass is 10.4. The average Bonchev–Trinajstić information content (AvgIpc) is 2.26. The van der Waals surface area contributed by atoms with E-state index in [2.05, 4.69) is 8.83 Å². The molecule has 1 heterocycles. The molecule has 0 bridgehead atoms. The van der Waals surface area contributed by atoms with E-state index in [4.69, 9.17) is 4.74 Å². The van der Waals surface area contributed by atoms with Crippen molar-refractivity contribution in [1.82, 2.24) is 0 Å². The summed E-state index contributed by atoms with van der Waals surface area (Å²) in [7, 11) is 0. The van der Waals surface area contributed by atoms with E-state index in [0.29, 0.717) is 24.7 Å². The quantitative estimate of drug-likeness (QED) is 0.660. The molecule has 0 aliphatic carbocycles. The van der Waals surface area contributed by atoms with Crippen molar-refractivity contribution in [2.45, 2.75) is 20.5 Å². The Morgan fingerprint density at radius 2 is 2.18 bits per heavy atom. The first-order valence-electron chi connectivity index (χ1n) is 3.41. The van der Waals surface area contributed by atoms with Crippen molar-refractivity contribution in [3.8, 4) is 0 Å². The van der Waals surface area contributed by atoms with Gasteiger partial charge in [0.25, 0.3) is 0 Å². The van der Waals surface area contributed by atoms with Gasteiger partial charge in [0.2, 0.25) is 0 Å². The fourth-order valence-electron chi connectivity index (χ4n) is 0.701. The molecule has 62 valence electrons. The summed E-state index contributed by atoms with van der Waals surface area (Å²) in [6.45, 7) is 4.43. The van der Waals surface area contributed by atoms with Gasteiger partial charge in [-0.05, 0) is 13.8 Å². The van der Waals surface area contributed by atoms with Gasteiger partial charge in [0, 0.05) is 6.61 Å². The van der Waals surface area contributed by atoms with Gasteiger partial charge in [-0.1, -0.05) is 0 Å². The molecular weight excluding hydrogens is 148 g/mol. The lowest BCUT2D eigenvalue weighted by Crippen LogP contribution is -1.92. The molecule has 0 aromatic carbocycles. The molecule has 1 aromatic rings. The van der Waals surface area contributed by atoms with E-state index >= 15 is 0 Å². The standard InChI is InChI=1S/C7H10O4/c1-3-9-4-6-5(2)10-7(8)11-6/h3-4H2,1-2H3. The van der Waals surface area contributed by atoms with Gasteiger partial charge in [0.1, 0.15) is 12.4 Å². The Hall–Kier alpha value is -1.03. The molecule has 0 atom stereocenters. The van der Waals surface area contributed by atoms with E-state index in [9.17, 15) is 4.79 Å². The van der Waals surface area contributed by atoms with Crippen molar-refractivity contribution in [1.29, 1.82) is 0 Å². The molecule has 0 aliphatic rings. The molecule has 0 amide bonds. The van der Waals surface area contributed by atoms with Gasteiger partial charge in [0.15, 0.2) is 5.76 Å². The summed E-state index contributed by atoms with van der Waals surface area (Å²) in [6.07, 6.45) is 0. The molecule has 4 heteroatoms. The Morgan fingerprint density at radius 1 is 1.45 bits per heavy atom. The normalized spacial score (nSPS) is 10.4. The van der Waals surface area contributed by atoms with E-state index in [1.165, 1.54) is 0 Å². The highest BCUT2D eigenvalue weighted by molar-refractivity contribution is 4.98. The second kappa shape index (κ2) is 3.39. The number of aryl methyl sites for hydroxylation is 1. The summed E-state index contributed by atoms with van der Waals surface area (Å²) in [5.41, 5.74) is 0. The van der Waals surface area contributed by atoms with Crippen molar-refractivity contribution < 1.29 is 13.6 Å². The predicted octanol–water partition coefficient (Wildman–Crippen LogP) is 1.08. The Kier molecular flexibility index (Phi) is 2.48. The Balaban J connectivity index is 2.69. The van der Waals surface area contributed by atoms with Crippen molar-refractivity contribution in [2.24, 2.45) is 0 Å². The third-order valence-electron chi connectivity index (χ3n) is 1.27. The molecule has 0 spiro atoms. The van der Waals surface area contributed by atoms with E-state index in [1.807, 2.05) is 6.92 Å². The van der Waals surface area contributed by atoms with Crippen LogP contribution in [0, 0.1) is 6.92 Å². The van der Waals surface area contributed by atoms with Gasteiger partial charge < -0.3 is 13.6 Å². The maximum absolute atomic E-state index is 10.5. The number of rotatable bonds is 3. The van der Waals surface area contributed by atoms with Crippen LogP contribution in [0.25, 0.3) is 0 Å². The third-order valence-corrected chi connectivity index (χ3v) is 1.27. The van der Waals surface area contributed by atoms with Gasteiger partial charge in [-0.3, -0.25) is 0 Å². The lowest BCUT2D eigenvalue weighted by molar-refractivity contribution is 0.116. The molecule has 0 unspecified atom stereocenters. The monoisotopic (exact) mass is 158 g/mol. The summed E-state index contributed by atoms with van der Waals surface area (Å²) >= 11 is 0. The minimum absolute atomic E-state index is 0.300. The Bertz CT molecular complexity index is 270. The SMILES string of the molecule is CCOCc1oc(=O)oc1C. The maximum atomic E-state index is 10.5. The molecule has 11 heavy (non-hydrogen) atoms. The zero-order valence-electron chi connectivity index (χ0n) is 6.55. The van der Waals surface area contributed by atoms with Crippen LogP contribution in [0.15, 0.2) is 13.6 Å². The largest absolute Gasteiger partial charge is 0.519 e. The zero-order chi connectivity index (χ0) is 8.27. The molecule has 0 radical (unpaired) electrons. The smallest absolute Gasteiger partial charge is 0.396 e. The first-order chi connectivity index (χ1) is 5.24. The molecule has 1 rings (SSSR count). The van der Waals surface area contributed by atoms with Crippen LogP contribution in [-0.4, -0.2) is 6.61 Å². The minimum atomic E-state index is -0.669. The molecule has 0 N–H and O–H groups in total. The van der Waals surface area contributed by atoms with Gasteiger partial charge in [-0.2, -0.15) is 0 Å². The Morgan fingerprint density at radius 3 is 2.64 bits per heavy atom. The van der Waals surface area contributed by atoms with Gasteiger partial charge >= 0.3 is 5.82 Å². The topological polar surface area (TPSA) is 52.6 Å². The van der Waals surface area contributed by atoms with Crippen LogP contribution in [0.2, 0.25) is 0 Å². The van der Waals surface area contributed by atoms with Crippen molar-refractivity contribution in [3.05, 3.63) is 22.1 Å². The highest BCUT2D eigenvalue weighted by atomic mass is 16.6. The molecule has 0 aliphatic heterocycles. The van der Waals surface area contributed by atoms with Crippen LogP contribution < -0.4 is 5.82 Å². The summed E-state index contributed by atoms with van der Waals surface area (Å²) in [5, 5.41) is 0.